The van der Waals surface area contributed by atoms with E-state index in [-0.39, 0.29) is 11.8 Å². The van der Waals surface area contributed by atoms with Gasteiger partial charge in [0.25, 0.3) is 11.8 Å². The van der Waals surface area contributed by atoms with Crippen molar-refractivity contribution < 1.29 is 14.3 Å². The standard InChI is InChI=1S/C23H24N2O3/c1-15-4-7-18(8-5-15)25-22(26)20(19-9-6-16(2)14-17(19)3)21(23(25)27)24-10-12-28-13-11-24/h4-9,14H,10-13H2,1-3H3. The van der Waals surface area contributed by atoms with Gasteiger partial charge in [0.15, 0.2) is 0 Å². The van der Waals surface area contributed by atoms with Crippen molar-refractivity contribution >= 4 is 23.1 Å². The van der Waals surface area contributed by atoms with E-state index in [0.717, 1.165) is 22.3 Å². The first kappa shape index (κ1) is 18.4. The molecule has 0 aromatic heterocycles. The number of rotatable bonds is 3. The molecule has 0 saturated carbocycles. The number of ether oxygens (including phenoxy) is 1. The van der Waals surface area contributed by atoms with Crippen LogP contribution in [0.25, 0.3) is 5.57 Å². The van der Waals surface area contributed by atoms with Crippen LogP contribution >= 0.6 is 0 Å². The Balaban J connectivity index is 1.85. The SMILES string of the molecule is Cc1ccc(N2C(=O)C(c3ccc(C)cc3C)=C(N3CCOCC3)C2=O)cc1. The zero-order chi connectivity index (χ0) is 19.8. The van der Waals surface area contributed by atoms with Gasteiger partial charge < -0.3 is 9.64 Å². The van der Waals surface area contributed by atoms with Gasteiger partial charge in [-0.15, -0.1) is 0 Å². The molecule has 1 saturated heterocycles. The van der Waals surface area contributed by atoms with E-state index in [9.17, 15) is 9.59 Å². The van der Waals surface area contributed by atoms with E-state index in [0.29, 0.717) is 43.3 Å². The molecule has 0 aliphatic carbocycles. The third kappa shape index (κ3) is 3.12. The molecule has 0 bridgehead atoms. The number of benzene rings is 2. The van der Waals surface area contributed by atoms with E-state index in [1.54, 1.807) is 0 Å². The predicted molar refractivity (Wildman–Crippen MR) is 109 cm³/mol. The second kappa shape index (κ2) is 7.24. The highest BCUT2D eigenvalue weighted by molar-refractivity contribution is 6.45. The second-order valence-electron chi connectivity index (χ2n) is 7.42. The number of hydrogen-bond donors (Lipinski definition) is 0. The lowest BCUT2D eigenvalue weighted by atomic mass is 9.97. The van der Waals surface area contributed by atoms with E-state index in [1.807, 2.05) is 68.1 Å². The molecule has 2 aliphatic heterocycles. The third-order valence-corrected chi connectivity index (χ3v) is 5.33. The smallest absolute Gasteiger partial charge is 0.282 e. The van der Waals surface area contributed by atoms with Crippen molar-refractivity contribution in [2.45, 2.75) is 20.8 Å². The summed E-state index contributed by atoms with van der Waals surface area (Å²) in [5.74, 6) is -0.520. The van der Waals surface area contributed by atoms with Gasteiger partial charge in [-0.3, -0.25) is 9.59 Å². The van der Waals surface area contributed by atoms with Gasteiger partial charge in [-0.1, -0.05) is 41.5 Å². The monoisotopic (exact) mass is 376 g/mol. The highest BCUT2D eigenvalue weighted by Gasteiger charge is 2.43. The minimum Gasteiger partial charge on any atom is -0.378 e. The molecule has 0 atom stereocenters. The molecule has 144 valence electrons. The maximum Gasteiger partial charge on any atom is 0.282 e. The van der Waals surface area contributed by atoms with Crippen LogP contribution in [0.5, 0.6) is 0 Å². The quantitative estimate of drug-likeness (QED) is 0.772. The number of aryl methyl sites for hydroxylation is 3. The lowest BCUT2D eigenvalue weighted by Gasteiger charge is -2.29. The fourth-order valence-electron chi connectivity index (χ4n) is 3.86. The Morgan fingerprint density at radius 1 is 0.821 bits per heavy atom. The number of anilines is 1. The van der Waals surface area contributed by atoms with Crippen molar-refractivity contribution in [3.05, 3.63) is 70.4 Å². The molecular weight excluding hydrogens is 352 g/mol. The van der Waals surface area contributed by atoms with Crippen molar-refractivity contribution in [2.75, 3.05) is 31.2 Å². The fraction of sp³-hybridized carbons (Fsp3) is 0.304. The van der Waals surface area contributed by atoms with Crippen molar-refractivity contribution in [1.82, 2.24) is 4.90 Å². The highest BCUT2D eigenvalue weighted by atomic mass is 16.5. The summed E-state index contributed by atoms with van der Waals surface area (Å²) in [6.45, 7) is 8.29. The molecule has 28 heavy (non-hydrogen) atoms. The molecule has 2 aliphatic rings. The molecule has 0 spiro atoms. The topological polar surface area (TPSA) is 49.9 Å². The maximum atomic E-state index is 13.5. The molecule has 0 unspecified atom stereocenters. The number of imide groups is 1. The largest absolute Gasteiger partial charge is 0.378 e. The lowest BCUT2D eigenvalue weighted by Crippen LogP contribution is -2.40. The fourth-order valence-corrected chi connectivity index (χ4v) is 3.86. The molecule has 4 rings (SSSR count). The number of nitrogens with zero attached hydrogens (tertiary/aromatic N) is 2. The van der Waals surface area contributed by atoms with Gasteiger partial charge >= 0.3 is 0 Å². The third-order valence-electron chi connectivity index (χ3n) is 5.33. The molecule has 5 nitrogen and oxygen atoms in total. The van der Waals surface area contributed by atoms with Gasteiger partial charge in [0.2, 0.25) is 0 Å². The van der Waals surface area contributed by atoms with Gasteiger partial charge in [0.1, 0.15) is 5.70 Å². The Morgan fingerprint density at radius 2 is 1.46 bits per heavy atom. The van der Waals surface area contributed by atoms with Crippen molar-refractivity contribution in [1.29, 1.82) is 0 Å². The number of carbonyl (C=O) groups excluding carboxylic acids is 2. The van der Waals surface area contributed by atoms with E-state index in [2.05, 4.69) is 0 Å². The summed E-state index contributed by atoms with van der Waals surface area (Å²) < 4.78 is 5.45. The maximum absolute atomic E-state index is 13.5. The Bertz CT molecular complexity index is 970. The Morgan fingerprint density at radius 3 is 2.11 bits per heavy atom. The molecule has 2 aromatic rings. The number of hydrogen-bond acceptors (Lipinski definition) is 4. The minimum atomic E-state index is -0.262. The first-order valence-electron chi connectivity index (χ1n) is 9.57. The molecule has 1 fully saturated rings. The minimum absolute atomic E-state index is 0.259. The van der Waals surface area contributed by atoms with Gasteiger partial charge in [-0.05, 0) is 44.0 Å². The van der Waals surface area contributed by atoms with Gasteiger partial charge in [0, 0.05) is 13.1 Å². The van der Waals surface area contributed by atoms with Crippen LogP contribution in [0.1, 0.15) is 22.3 Å². The summed E-state index contributed by atoms with van der Waals surface area (Å²) in [6.07, 6.45) is 0. The Hall–Kier alpha value is -2.92. The van der Waals surface area contributed by atoms with Crippen LogP contribution in [0.3, 0.4) is 0 Å². The van der Waals surface area contributed by atoms with Crippen LogP contribution in [0.15, 0.2) is 48.2 Å². The number of carbonyl (C=O) groups is 2. The Kier molecular flexibility index (Phi) is 4.77. The summed E-state index contributed by atoms with van der Waals surface area (Å²) in [7, 11) is 0. The molecule has 2 amide bonds. The van der Waals surface area contributed by atoms with Crippen molar-refractivity contribution in [3.63, 3.8) is 0 Å². The average Bonchev–Trinajstić information content (AvgIpc) is 2.94. The van der Waals surface area contributed by atoms with Gasteiger partial charge in [-0.2, -0.15) is 0 Å². The molecule has 0 N–H and O–H groups in total. The first-order chi connectivity index (χ1) is 13.5. The van der Waals surface area contributed by atoms with Crippen molar-refractivity contribution in [2.24, 2.45) is 0 Å². The van der Waals surface area contributed by atoms with Crippen LogP contribution in [-0.4, -0.2) is 43.0 Å². The summed E-state index contributed by atoms with van der Waals surface area (Å²) >= 11 is 0. The number of morpholine rings is 1. The van der Waals surface area contributed by atoms with E-state index >= 15 is 0 Å². The second-order valence-corrected chi connectivity index (χ2v) is 7.42. The molecule has 5 heteroatoms. The zero-order valence-corrected chi connectivity index (χ0v) is 16.5. The van der Waals surface area contributed by atoms with Crippen LogP contribution in [0.2, 0.25) is 0 Å². The molecular formula is C23H24N2O3. The van der Waals surface area contributed by atoms with E-state index in [4.69, 9.17) is 4.74 Å². The van der Waals surface area contributed by atoms with Crippen molar-refractivity contribution in [3.8, 4) is 0 Å². The van der Waals surface area contributed by atoms with Crippen LogP contribution in [0, 0.1) is 20.8 Å². The lowest BCUT2D eigenvalue weighted by molar-refractivity contribution is -0.121. The number of amides is 2. The first-order valence-corrected chi connectivity index (χ1v) is 9.57. The van der Waals surface area contributed by atoms with E-state index in [1.165, 1.54) is 4.90 Å². The predicted octanol–water partition coefficient (Wildman–Crippen LogP) is 3.23. The van der Waals surface area contributed by atoms with E-state index < -0.39 is 0 Å². The normalized spacial score (nSPS) is 17.7. The Labute approximate surface area is 165 Å². The average molecular weight is 376 g/mol. The van der Waals surface area contributed by atoms with Crippen LogP contribution in [-0.2, 0) is 14.3 Å². The molecule has 0 radical (unpaired) electrons. The van der Waals surface area contributed by atoms with Gasteiger partial charge in [-0.25, -0.2) is 4.90 Å². The highest BCUT2D eigenvalue weighted by Crippen LogP contribution is 2.36. The summed E-state index contributed by atoms with van der Waals surface area (Å²) in [5, 5.41) is 0. The molecule has 2 heterocycles. The summed E-state index contributed by atoms with van der Waals surface area (Å²) in [6, 6.07) is 13.5. The zero-order valence-electron chi connectivity index (χ0n) is 16.5. The van der Waals surface area contributed by atoms with Crippen LogP contribution in [0.4, 0.5) is 5.69 Å². The summed E-state index contributed by atoms with van der Waals surface area (Å²) in [5.41, 5.74) is 5.60. The molecule has 2 aromatic carbocycles. The van der Waals surface area contributed by atoms with Gasteiger partial charge in [0.05, 0.1) is 24.5 Å². The van der Waals surface area contributed by atoms with Crippen LogP contribution < -0.4 is 4.90 Å². The summed E-state index contributed by atoms with van der Waals surface area (Å²) in [4.78, 5) is 30.2.